The summed E-state index contributed by atoms with van der Waals surface area (Å²) in [5, 5.41) is 2.69. The van der Waals surface area contributed by atoms with Crippen LogP contribution in [0.3, 0.4) is 0 Å². The SMILES string of the molecule is CCCc1ccc(-c2cccc3c2c2ccccc2n3C)cc1. The molecule has 0 saturated heterocycles. The first-order valence-corrected chi connectivity index (χ1v) is 8.35. The van der Waals surface area contributed by atoms with Crippen LogP contribution in [0.25, 0.3) is 32.9 Å². The molecule has 1 aromatic heterocycles. The Kier molecular flexibility index (Phi) is 3.42. The maximum atomic E-state index is 2.29. The highest BCUT2D eigenvalue weighted by atomic mass is 14.9. The van der Waals surface area contributed by atoms with Gasteiger partial charge in [0.15, 0.2) is 0 Å². The third kappa shape index (κ3) is 2.24. The number of nitrogens with zero attached hydrogens (tertiary/aromatic N) is 1. The summed E-state index contributed by atoms with van der Waals surface area (Å²) in [4.78, 5) is 0. The summed E-state index contributed by atoms with van der Waals surface area (Å²) in [7, 11) is 2.15. The van der Waals surface area contributed by atoms with E-state index in [1.54, 1.807) is 0 Å². The molecule has 0 amide bonds. The fraction of sp³-hybridized carbons (Fsp3) is 0.182. The van der Waals surface area contributed by atoms with Crippen LogP contribution in [0.4, 0.5) is 0 Å². The molecule has 4 aromatic rings. The van der Waals surface area contributed by atoms with Crippen LogP contribution in [-0.2, 0) is 13.5 Å². The minimum Gasteiger partial charge on any atom is -0.344 e. The number of rotatable bonds is 3. The highest BCUT2D eigenvalue weighted by Crippen LogP contribution is 2.36. The van der Waals surface area contributed by atoms with Crippen molar-refractivity contribution in [2.45, 2.75) is 19.8 Å². The molecule has 0 aliphatic heterocycles. The van der Waals surface area contributed by atoms with Crippen LogP contribution < -0.4 is 0 Å². The van der Waals surface area contributed by atoms with E-state index in [2.05, 4.69) is 85.3 Å². The summed E-state index contributed by atoms with van der Waals surface area (Å²) < 4.78 is 2.29. The second kappa shape index (κ2) is 5.58. The van der Waals surface area contributed by atoms with Gasteiger partial charge in [-0.15, -0.1) is 0 Å². The molecule has 1 heteroatoms. The number of hydrogen-bond acceptors (Lipinski definition) is 0. The molecule has 114 valence electrons. The highest BCUT2D eigenvalue weighted by molar-refractivity contribution is 6.14. The molecule has 3 aromatic carbocycles. The number of hydrogen-bond donors (Lipinski definition) is 0. The first-order chi connectivity index (χ1) is 11.3. The molecule has 0 aliphatic rings. The molecule has 0 radical (unpaired) electrons. The Morgan fingerprint density at radius 3 is 2.30 bits per heavy atom. The summed E-state index contributed by atoms with van der Waals surface area (Å²) in [6.07, 6.45) is 2.34. The fourth-order valence-corrected chi connectivity index (χ4v) is 3.59. The molecule has 0 saturated carbocycles. The maximum Gasteiger partial charge on any atom is 0.0495 e. The van der Waals surface area contributed by atoms with Crippen LogP contribution in [0.1, 0.15) is 18.9 Å². The van der Waals surface area contributed by atoms with Crippen molar-refractivity contribution in [2.24, 2.45) is 7.05 Å². The number of aryl methyl sites for hydroxylation is 2. The fourth-order valence-electron chi connectivity index (χ4n) is 3.59. The Bertz CT molecular complexity index is 974. The van der Waals surface area contributed by atoms with Gasteiger partial charge in [0.2, 0.25) is 0 Å². The van der Waals surface area contributed by atoms with Crippen molar-refractivity contribution in [3.8, 4) is 11.1 Å². The van der Waals surface area contributed by atoms with Crippen molar-refractivity contribution in [2.75, 3.05) is 0 Å². The van der Waals surface area contributed by atoms with Gasteiger partial charge in [0.05, 0.1) is 0 Å². The van der Waals surface area contributed by atoms with Gasteiger partial charge in [-0.2, -0.15) is 0 Å². The van der Waals surface area contributed by atoms with E-state index in [9.17, 15) is 0 Å². The molecule has 0 fully saturated rings. The molecule has 0 unspecified atom stereocenters. The molecule has 0 atom stereocenters. The second-order valence-corrected chi connectivity index (χ2v) is 6.22. The Hall–Kier alpha value is -2.54. The van der Waals surface area contributed by atoms with Crippen molar-refractivity contribution in [1.82, 2.24) is 4.57 Å². The van der Waals surface area contributed by atoms with Gasteiger partial charge in [-0.25, -0.2) is 0 Å². The maximum absolute atomic E-state index is 2.29. The summed E-state index contributed by atoms with van der Waals surface area (Å²) >= 11 is 0. The molecule has 0 aliphatic carbocycles. The van der Waals surface area contributed by atoms with Gasteiger partial charge < -0.3 is 4.57 Å². The molecule has 1 nitrogen and oxygen atoms in total. The molecule has 1 heterocycles. The molecule has 0 N–H and O–H groups in total. The minimum atomic E-state index is 1.15. The zero-order valence-corrected chi connectivity index (χ0v) is 13.7. The van der Waals surface area contributed by atoms with E-state index in [-0.39, 0.29) is 0 Å². The van der Waals surface area contributed by atoms with Crippen LogP contribution in [0.2, 0.25) is 0 Å². The Morgan fingerprint density at radius 2 is 1.52 bits per heavy atom. The van der Waals surface area contributed by atoms with E-state index in [1.807, 2.05) is 0 Å². The quantitative estimate of drug-likeness (QED) is 0.440. The Labute approximate surface area is 137 Å². The van der Waals surface area contributed by atoms with Gasteiger partial charge in [0.25, 0.3) is 0 Å². The van der Waals surface area contributed by atoms with Gasteiger partial charge in [-0.05, 0) is 35.2 Å². The van der Waals surface area contributed by atoms with E-state index in [1.165, 1.54) is 44.9 Å². The predicted octanol–water partition coefficient (Wildman–Crippen LogP) is 5.95. The first-order valence-electron chi connectivity index (χ1n) is 8.35. The van der Waals surface area contributed by atoms with Crippen LogP contribution in [0.5, 0.6) is 0 Å². The van der Waals surface area contributed by atoms with Gasteiger partial charge >= 0.3 is 0 Å². The van der Waals surface area contributed by atoms with E-state index < -0.39 is 0 Å². The first kappa shape index (κ1) is 14.1. The largest absolute Gasteiger partial charge is 0.344 e. The summed E-state index contributed by atoms with van der Waals surface area (Å²) in [6.45, 7) is 2.23. The number of fused-ring (bicyclic) bond motifs is 3. The van der Waals surface area contributed by atoms with Crippen molar-refractivity contribution in [3.63, 3.8) is 0 Å². The van der Waals surface area contributed by atoms with Gasteiger partial charge in [0, 0.05) is 28.9 Å². The third-order valence-corrected chi connectivity index (χ3v) is 4.74. The smallest absolute Gasteiger partial charge is 0.0495 e. The van der Waals surface area contributed by atoms with E-state index >= 15 is 0 Å². The second-order valence-electron chi connectivity index (χ2n) is 6.22. The average Bonchev–Trinajstić information content (AvgIpc) is 2.90. The van der Waals surface area contributed by atoms with Crippen molar-refractivity contribution in [1.29, 1.82) is 0 Å². The number of aromatic nitrogens is 1. The molecule has 0 spiro atoms. The van der Waals surface area contributed by atoms with Crippen molar-refractivity contribution in [3.05, 3.63) is 72.3 Å². The number of benzene rings is 3. The van der Waals surface area contributed by atoms with E-state index in [0.717, 1.165) is 6.42 Å². The molecule has 4 rings (SSSR count). The van der Waals surface area contributed by atoms with Crippen LogP contribution in [-0.4, -0.2) is 4.57 Å². The third-order valence-electron chi connectivity index (χ3n) is 4.74. The zero-order valence-electron chi connectivity index (χ0n) is 13.7. The predicted molar refractivity (Wildman–Crippen MR) is 99.9 cm³/mol. The summed E-state index contributed by atoms with van der Waals surface area (Å²) in [5.74, 6) is 0. The van der Waals surface area contributed by atoms with Crippen molar-refractivity contribution >= 4 is 21.8 Å². The Morgan fingerprint density at radius 1 is 0.783 bits per heavy atom. The lowest BCUT2D eigenvalue weighted by molar-refractivity contribution is 0.922. The van der Waals surface area contributed by atoms with E-state index in [0.29, 0.717) is 0 Å². The minimum absolute atomic E-state index is 1.15. The monoisotopic (exact) mass is 299 g/mol. The van der Waals surface area contributed by atoms with Crippen LogP contribution >= 0.6 is 0 Å². The standard InChI is InChI=1S/C22H21N/c1-3-7-16-12-14-17(15-13-16)18-9-6-11-21-22(18)19-8-4-5-10-20(19)23(21)2/h4-6,8-15H,3,7H2,1-2H3. The summed E-state index contributed by atoms with van der Waals surface area (Å²) in [6, 6.07) is 24.3. The normalized spacial score (nSPS) is 11.4. The number of para-hydroxylation sites is 1. The lowest BCUT2D eigenvalue weighted by Crippen LogP contribution is -1.87. The van der Waals surface area contributed by atoms with Crippen molar-refractivity contribution < 1.29 is 0 Å². The molecular formula is C22H21N. The molecule has 23 heavy (non-hydrogen) atoms. The topological polar surface area (TPSA) is 4.93 Å². The molecular weight excluding hydrogens is 278 g/mol. The van der Waals surface area contributed by atoms with Crippen LogP contribution in [0.15, 0.2) is 66.7 Å². The lowest BCUT2D eigenvalue weighted by atomic mass is 9.98. The van der Waals surface area contributed by atoms with Crippen LogP contribution in [0, 0.1) is 0 Å². The zero-order chi connectivity index (χ0) is 15.8. The van der Waals surface area contributed by atoms with Gasteiger partial charge in [-0.1, -0.05) is 67.9 Å². The van der Waals surface area contributed by atoms with Gasteiger partial charge in [-0.3, -0.25) is 0 Å². The highest BCUT2D eigenvalue weighted by Gasteiger charge is 2.12. The van der Waals surface area contributed by atoms with E-state index in [4.69, 9.17) is 0 Å². The summed E-state index contributed by atoms with van der Waals surface area (Å²) in [5.41, 5.74) is 6.62. The van der Waals surface area contributed by atoms with Gasteiger partial charge in [0.1, 0.15) is 0 Å². The Balaban J connectivity index is 1.98. The molecule has 0 bridgehead atoms. The lowest BCUT2D eigenvalue weighted by Gasteiger charge is -2.07. The average molecular weight is 299 g/mol.